The number of amidine groups is 9. The zero-order chi connectivity index (χ0) is 130. The van der Waals surface area contributed by atoms with Crippen LogP contribution in [0.15, 0.2) is 318 Å². The molecular formula is C99H144N36. The third-order valence-electron chi connectivity index (χ3n) is 13.5. The molecule has 9 aromatic carbocycles. The fourth-order valence-corrected chi connectivity index (χ4v) is 8.30. The minimum absolute atomic E-state index is 0.0102. The summed E-state index contributed by atoms with van der Waals surface area (Å²) >= 11 is 0. The first-order valence-electron chi connectivity index (χ1n) is 57.2. The second-order valence-electron chi connectivity index (χ2n) is 26.0. The number of nitrogens with two attached hydrogens (primary N) is 9. The van der Waals surface area contributed by atoms with Gasteiger partial charge in [-0.1, -0.05) is 273 Å². The summed E-state index contributed by atoms with van der Waals surface area (Å²) in [7, 11) is 0. The highest BCUT2D eigenvalue weighted by Crippen LogP contribution is 2.07. The Hall–Kier alpha value is -16.6. The summed E-state index contributed by atoms with van der Waals surface area (Å²) in [5, 5.41) is 86.4. The number of guanidine groups is 9. The van der Waals surface area contributed by atoms with E-state index in [2.05, 4.69) is 92.8 Å². The largest absolute Gasteiger partial charge is 0.370 e. The van der Waals surface area contributed by atoms with Crippen LogP contribution in [0, 0.1) is 48.7 Å². The lowest BCUT2D eigenvalue weighted by molar-refractivity contribution is 0.955. The van der Waals surface area contributed by atoms with Crippen LogP contribution in [0.1, 0.15) is 159 Å². The van der Waals surface area contributed by atoms with Crippen molar-refractivity contribution >= 4 is 106 Å². The maximum atomic E-state index is 7.90. The van der Waals surface area contributed by atoms with Gasteiger partial charge in [-0.2, -0.15) is 0 Å². The molecule has 0 fully saturated rings. The van der Waals surface area contributed by atoms with E-state index in [-0.39, 0.29) is 277 Å². The van der Waals surface area contributed by atoms with E-state index in [0.29, 0.717) is 33.9 Å². The van der Waals surface area contributed by atoms with Crippen molar-refractivity contribution in [3.63, 3.8) is 0 Å². The third-order valence-corrected chi connectivity index (χ3v) is 13.5. The minimum atomic E-state index is -2.07. The molecule has 9 aromatic rings. The Bertz CT molecular complexity index is 7000. The highest BCUT2D eigenvalue weighted by atomic mass is 15.2. The molecule has 3 atom stereocenters. The number of aliphatic imine (C=N–C) groups is 9. The van der Waals surface area contributed by atoms with Crippen molar-refractivity contribution in [1.29, 1.82) is 48.7 Å². The molecule has 3 unspecified atom stereocenters. The fourth-order valence-electron chi connectivity index (χ4n) is 8.30. The number of nitrogens with one attached hydrogen (secondary N) is 18. The van der Waals surface area contributed by atoms with E-state index in [9.17, 15) is 0 Å². The predicted molar refractivity (Wildman–Crippen MR) is 569 cm³/mol. The van der Waals surface area contributed by atoms with Crippen LogP contribution in [0.4, 0.5) is 0 Å². The van der Waals surface area contributed by atoms with Gasteiger partial charge in [0, 0.05) is 69.7 Å². The summed E-state index contributed by atoms with van der Waals surface area (Å²) in [6.45, 7) is 3.41. The van der Waals surface area contributed by atoms with Gasteiger partial charge in [0.05, 0.1) is 88.2 Å². The lowest BCUT2D eigenvalue weighted by Crippen LogP contribution is -2.35. The smallest absolute Gasteiger partial charge is 0.194 e. The van der Waals surface area contributed by atoms with Gasteiger partial charge in [0.2, 0.25) is 0 Å². The molecular weight excluding hydrogens is 1690 g/mol. The van der Waals surface area contributed by atoms with Crippen molar-refractivity contribution < 1.29 is 46.6 Å². The summed E-state index contributed by atoms with van der Waals surface area (Å²) < 4.78 is 261. The molecule has 36 nitrogen and oxygen atoms in total. The average molecular weight is 1870 g/mol. The van der Waals surface area contributed by atoms with E-state index in [1.807, 2.05) is 0 Å². The Morgan fingerprint density at radius 1 is 0.215 bits per heavy atom. The van der Waals surface area contributed by atoms with E-state index in [4.69, 9.17) is 147 Å². The summed E-state index contributed by atoms with van der Waals surface area (Å²) in [5.74, 6) is 0.0457. The minimum Gasteiger partial charge on any atom is -0.370 e. The van der Waals surface area contributed by atoms with Gasteiger partial charge < -0.3 is 99.5 Å². The van der Waals surface area contributed by atoms with Crippen LogP contribution in [0.3, 0.4) is 0 Å². The van der Waals surface area contributed by atoms with Gasteiger partial charge in [-0.25, -0.2) is 0 Å². The number of benzene rings is 9. The van der Waals surface area contributed by atoms with Crippen LogP contribution in [0.5, 0.6) is 0 Å². The number of aryl methyl sites for hydroxylation is 6. The van der Waals surface area contributed by atoms with Crippen molar-refractivity contribution in [3.8, 4) is 0 Å². The summed E-state index contributed by atoms with van der Waals surface area (Å²) in [6.07, 6.45) is -7.59. The van der Waals surface area contributed by atoms with Crippen molar-refractivity contribution in [2.24, 2.45) is 96.5 Å². The van der Waals surface area contributed by atoms with Crippen LogP contribution < -0.4 is 99.5 Å². The SMILES string of the molecule is [2H]c1cc([2H])cc(C([2H])([2H])CN=C(N)NC(C)=N)c1.[2H]c1cc([2H])cc(CC([2H])([2H])N=C(N)NC(C)=N)c1.[2H]c1cc([2H])cc(CC([2H])N=C(N)NC(C)=N)c1.[2H]c1ccc([2H])c(C([2H])([2H])CN=C(N)NC(C)=N)c1.[2H]c1ccc([2H])c(CC([2H])([2H])N=C(N)NC(C)=N)c1.[2H]c1ccc([2H])c(CC([2H])N=C(N)NC(C)=N)c1.[2H]c1cccc(C([2H])([2H])C([2H])N=C(N)NC(C)=N)c1.[2H]c1cccc(C([2H])([2H])CN=C(N)NC(C)=N)c1[2H].[2H]c1cccc(CC([2H])([2H])N=C(N)NC(C)=N)c1[2H]. The maximum absolute atomic E-state index is 7.90. The van der Waals surface area contributed by atoms with Gasteiger partial charge in [0.25, 0.3) is 0 Å². The molecule has 36 heteroatoms. The molecule has 0 saturated carbocycles. The summed E-state index contributed by atoms with van der Waals surface area (Å²) in [6, 6.07) is 43.2. The molecule has 135 heavy (non-hydrogen) atoms. The highest BCUT2D eigenvalue weighted by molar-refractivity contribution is 6.00. The molecule has 9 rings (SSSR count). The van der Waals surface area contributed by atoms with Gasteiger partial charge >= 0.3 is 0 Å². The Balaban J connectivity index is 0.000000951. The van der Waals surface area contributed by atoms with Gasteiger partial charge in [-0.15, -0.1) is 0 Å². The van der Waals surface area contributed by atoms with Crippen LogP contribution >= 0.6 is 0 Å². The van der Waals surface area contributed by atoms with Gasteiger partial charge in [-0.3, -0.25) is 93.6 Å². The maximum Gasteiger partial charge on any atom is 0.194 e. The molecule has 0 heterocycles. The Kier molecular flexibility index (Phi) is 39.2. The number of nitrogens with zero attached hydrogens (tertiary/aromatic N) is 9. The monoisotopic (exact) mass is 1870 g/mol. The van der Waals surface area contributed by atoms with Crippen LogP contribution in [-0.2, 0) is 57.6 Å². The third kappa shape index (κ3) is 74.0. The lowest BCUT2D eigenvalue weighted by atomic mass is 10.2. The zero-order valence-corrected chi connectivity index (χ0v) is 76.3. The molecule has 0 radical (unpaired) electrons. The Labute approximate surface area is 844 Å². The number of rotatable bonds is 27. The number of hydrogen-bond acceptors (Lipinski definition) is 18. The summed E-state index contributed by atoms with van der Waals surface area (Å²) in [4.78, 5) is 33.8. The topological polar surface area (TPSA) is 668 Å². The first-order chi connectivity index (χ1) is 77.7. The van der Waals surface area contributed by atoms with Gasteiger partial charge in [-0.05, 0) is 170 Å². The van der Waals surface area contributed by atoms with Crippen LogP contribution in [-0.4, -0.2) is 165 Å². The van der Waals surface area contributed by atoms with Crippen molar-refractivity contribution in [2.75, 3.05) is 58.7 Å². The molecule has 0 bridgehead atoms. The molecule has 0 aliphatic carbocycles. The molecule has 0 saturated heterocycles. The summed E-state index contributed by atoms with van der Waals surface area (Å²) in [5.41, 5.74) is 52.4. The molecule has 0 spiro atoms. The van der Waals surface area contributed by atoms with Crippen molar-refractivity contribution in [1.82, 2.24) is 47.9 Å². The van der Waals surface area contributed by atoms with E-state index in [1.165, 1.54) is 196 Å². The molecule has 0 aliphatic heterocycles. The Morgan fingerprint density at radius 2 is 0.422 bits per heavy atom. The van der Waals surface area contributed by atoms with Crippen LogP contribution in [0.2, 0.25) is 0 Å². The first kappa shape index (κ1) is 70.3. The fraction of sp³-hybridized carbons (Fsp3) is 0.273. The van der Waals surface area contributed by atoms with E-state index in [0.717, 1.165) is 0 Å². The Morgan fingerprint density at radius 3 is 0.778 bits per heavy atom. The average Bonchev–Trinajstić information content (AvgIpc) is 0.809. The molecule has 0 aliphatic rings. The number of hydrogen-bond donors (Lipinski definition) is 27. The molecule has 0 amide bonds. The predicted octanol–water partition coefficient (Wildman–Crippen LogP) is 10.2. The zero-order valence-electron chi connectivity index (χ0n) is 110. The van der Waals surface area contributed by atoms with Crippen molar-refractivity contribution in [3.05, 3.63) is 323 Å². The second-order valence-corrected chi connectivity index (χ2v) is 26.0. The van der Waals surface area contributed by atoms with Crippen LogP contribution in [0.25, 0.3) is 0 Å². The molecule has 36 N–H and O–H groups in total. The molecule has 0 aromatic heterocycles. The molecule has 720 valence electrons. The normalized spacial score (nSPS) is 16.2. The lowest BCUT2D eigenvalue weighted by Gasteiger charge is -2.02. The van der Waals surface area contributed by atoms with E-state index < -0.39 is 64.5 Å². The highest BCUT2D eigenvalue weighted by Gasteiger charge is 2.03. The quantitative estimate of drug-likeness (QED) is 0.0168. The standard InChI is InChI=1S/9C11H16N4/c9*1-9(12)15-11(13)14-8-7-10-5-3-2-4-6-10/h9*2-6H,7-8H2,1H3,(H4,12,13,14,15)/i3D,7D2,8D;3D,6D,8D2;3D,6D,8D;3D,6D,7D2;3D,5D,8D2;3D,5D,7D2;3D,4D,8D2;3D,4D,8D;3D,4D,7D2. The van der Waals surface area contributed by atoms with E-state index in [1.54, 1.807) is 36.4 Å². The second kappa shape index (κ2) is 75.3. The van der Waals surface area contributed by atoms with E-state index >= 15 is 0 Å². The van der Waals surface area contributed by atoms with Gasteiger partial charge in [0.1, 0.15) is 0 Å². The van der Waals surface area contributed by atoms with Crippen molar-refractivity contribution in [2.45, 2.75) is 120 Å². The van der Waals surface area contributed by atoms with Gasteiger partial charge in [0.15, 0.2) is 53.6 Å². The first-order valence-corrected chi connectivity index (χ1v) is 40.0.